The van der Waals surface area contributed by atoms with Gasteiger partial charge in [0.05, 0.1) is 39.5 Å². The van der Waals surface area contributed by atoms with Crippen molar-refractivity contribution in [3.05, 3.63) is 376 Å². The zero-order valence-electron chi connectivity index (χ0n) is 57.6. The summed E-state index contributed by atoms with van der Waals surface area (Å²) in [5.74, 6) is 0. The minimum atomic E-state index is -3.03. The first-order valence-corrected chi connectivity index (χ1v) is 25.2. The number of anilines is 3. The van der Waals surface area contributed by atoms with Crippen LogP contribution in [0.5, 0.6) is 0 Å². The highest BCUT2D eigenvalue weighted by Crippen LogP contribution is 2.61. The minimum absolute atomic E-state index is 0.343. The molecular weight excluding hydrogens is 915 g/mol. The Morgan fingerprint density at radius 3 is 1.07 bits per heavy atom. The smallest absolute Gasteiger partial charge is 0.0714 e. The SMILES string of the molecule is [2H]c1c([2H])c([2H])c(C2(c3c([2H])c([2H])c([2H])c([2H])c3[2H])c3c([2H])c([2H])c([2H])c([2H])c3-c3c([2H])c([2H])c(N(c4ccc5c(c4)C(c4ccccc4)(c4ccccc4)c4ccccc4-5)c4ccc5c(c4)C(c4ccccc4)(c4ccccc4)c4ccccc4-5)c([2H])c32)c([2H])c1[2H]. The van der Waals surface area contributed by atoms with Gasteiger partial charge < -0.3 is 4.90 Å². The molecule has 15 rings (SSSR count). The molecule has 0 saturated heterocycles. The van der Waals surface area contributed by atoms with Crippen LogP contribution in [-0.4, -0.2) is 0 Å². The third-order valence-electron chi connectivity index (χ3n) is 15.9. The largest absolute Gasteiger partial charge is 0.310 e. The summed E-state index contributed by atoms with van der Waals surface area (Å²) in [7, 11) is 0. The highest BCUT2D eigenvalue weighted by Gasteiger charge is 2.50. The third-order valence-corrected chi connectivity index (χ3v) is 15.9. The summed E-state index contributed by atoms with van der Waals surface area (Å²) in [5, 5.41) is 0. The van der Waals surface area contributed by atoms with Crippen LogP contribution in [0.2, 0.25) is 0 Å². The predicted molar refractivity (Wildman–Crippen MR) is 313 cm³/mol. The summed E-state index contributed by atoms with van der Waals surface area (Å²) in [6.45, 7) is 0. The van der Waals surface area contributed by atoms with Crippen LogP contribution in [0.3, 0.4) is 0 Å². The fourth-order valence-electron chi connectivity index (χ4n) is 12.9. The van der Waals surface area contributed by atoms with Gasteiger partial charge in [0.15, 0.2) is 0 Å². The van der Waals surface area contributed by atoms with Crippen molar-refractivity contribution in [2.45, 2.75) is 16.2 Å². The Labute approximate surface area is 469 Å². The number of nitrogens with zero attached hydrogens (tertiary/aromatic N) is 1. The molecule has 0 heterocycles. The summed E-state index contributed by atoms with van der Waals surface area (Å²) in [5.41, 5.74) is 2.26. The molecule has 12 aromatic carbocycles. The minimum Gasteiger partial charge on any atom is -0.310 e. The lowest BCUT2D eigenvalue weighted by atomic mass is 9.67. The van der Waals surface area contributed by atoms with Crippen molar-refractivity contribution in [3.63, 3.8) is 0 Å². The van der Waals surface area contributed by atoms with Crippen LogP contribution in [0.1, 0.15) is 90.1 Å². The van der Waals surface area contributed by atoms with Crippen molar-refractivity contribution in [3.8, 4) is 33.4 Å². The quantitative estimate of drug-likeness (QED) is 0.139. The van der Waals surface area contributed by atoms with Crippen LogP contribution >= 0.6 is 0 Å². The molecule has 12 aromatic rings. The van der Waals surface area contributed by atoms with Crippen molar-refractivity contribution >= 4 is 17.1 Å². The van der Waals surface area contributed by atoms with Gasteiger partial charge in [-0.25, -0.2) is 0 Å². The van der Waals surface area contributed by atoms with E-state index in [1.165, 1.54) is 0 Å². The number of rotatable bonds is 9. The second-order valence-electron chi connectivity index (χ2n) is 19.3. The van der Waals surface area contributed by atoms with Crippen molar-refractivity contribution in [2.24, 2.45) is 0 Å². The third kappa shape index (κ3) is 6.09. The maximum Gasteiger partial charge on any atom is 0.0714 e. The van der Waals surface area contributed by atoms with E-state index >= 15 is 0 Å². The van der Waals surface area contributed by atoms with E-state index in [9.17, 15) is 19.2 Å². The monoisotopic (exact) mass is 983 g/mol. The van der Waals surface area contributed by atoms with Crippen LogP contribution in [0.4, 0.5) is 17.1 Å². The average molecular weight is 983 g/mol. The molecule has 0 amide bonds. The Kier molecular flexibility index (Phi) is 6.81. The van der Waals surface area contributed by atoms with E-state index in [1.54, 1.807) is 4.90 Å². The van der Waals surface area contributed by atoms with Gasteiger partial charge in [0.1, 0.15) is 0 Å². The molecule has 0 spiro atoms. The first-order chi connectivity index (χ1) is 44.8. The van der Waals surface area contributed by atoms with Gasteiger partial charge in [0.2, 0.25) is 0 Å². The zero-order chi connectivity index (χ0) is 65.1. The van der Waals surface area contributed by atoms with Crippen molar-refractivity contribution < 1.29 is 23.3 Å². The fourth-order valence-corrected chi connectivity index (χ4v) is 12.9. The number of hydrogen-bond acceptors (Lipinski definition) is 1. The Hall–Kier alpha value is -9.56. The van der Waals surface area contributed by atoms with Gasteiger partial charge in [0, 0.05) is 17.1 Å². The van der Waals surface area contributed by atoms with E-state index in [0.29, 0.717) is 11.4 Å². The van der Waals surface area contributed by atoms with Gasteiger partial charge in [-0.15, -0.1) is 0 Å². The van der Waals surface area contributed by atoms with Gasteiger partial charge in [-0.3, -0.25) is 0 Å². The molecule has 1 heteroatoms. The molecule has 0 N–H and O–H groups in total. The first-order valence-electron chi connectivity index (χ1n) is 33.7. The first kappa shape index (κ1) is 30.0. The highest BCUT2D eigenvalue weighted by molar-refractivity contribution is 5.94. The standard InChI is InChI=1S/C75H51N/c1-7-25-52(26-8-1)73(53-27-9-2-10-28-53)67-40-22-19-37-61(67)64-46-43-58(49-70(64)73)76(59-44-47-65-62-38-20-23-41-68(62)74(71(65)50-59,54-29-11-3-12-30-54)55-31-13-4-14-32-55)60-45-48-66-63-39-21-24-42-69(63)75(72(66)51-60,56-33-15-5-16-34-56)57-35-17-6-18-36-57/h1-51H/i1D,2D,7D,8D,9D,10D,19D,22D,25D,26D,27D,28D,37D,40D,43D,46D,49D. The van der Waals surface area contributed by atoms with E-state index in [-0.39, 0.29) is 5.69 Å². The Balaban J connectivity index is 1.15. The molecule has 0 fully saturated rings. The topological polar surface area (TPSA) is 3.24 Å². The second kappa shape index (κ2) is 17.3. The van der Waals surface area contributed by atoms with E-state index in [0.717, 1.165) is 66.8 Å². The lowest BCUT2D eigenvalue weighted by molar-refractivity contribution is 0.766. The molecule has 0 radical (unpaired) electrons. The summed E-state index contributed by atoms with van der Waals surface area (Å²) in [6, 6.07) is 53.3. The molecule has 0 saturated carbocycles. The van der Waals surface area contributed by atoms with Crippen molar-refractivity contribution in [2.75, 3.05) is 4.90 Å². The Morgan fingerprint density at radius 2 is 0.605 bits per heavy atom. The van der Waals surface area contributed by atoms with E-state index < -0.39 is 152 Å². The molecule has 0 aromatic heterocycles. The summed E-state index contributed by atoms with van der Waals surface area (Å²) in [4.78, 5) is 1.67. The molecule has 1 nitrogen and oxygen atoms in total. The Bertz CT molecular complexity index is 4810. The van der Waals surface area contributed by atoms with E-state index in [1.807, 2.05) is 133 Å². The molecule has 0 unspecified atom stereocenters. The predicted octanol–water partition coefficient (Wildman–Crippen LogP) is 18.2. The maximum absolute atomic E-state index is 11.3. The van der Waals surface area contributed by atoms with Crippen LogP contribution in [0.15, 0.2) is 309 Å². The van der Waals surface area contributed by atoms with E-state index in [2.05, 4.69) is 72.8 Å². The summed E-state index contributed by atoms with van der Waals surface area (Å²) in [6.07, 6.45) is 0. The lowest BCUT2D eigenvalue weighted by Gasteiger charge is -2.36. The Morgan fingerprint density at radius 1 is 0.237 bits per heavy atom. The number of hydrogen-bond donors (Lipinski definition) is 0. The van der Waals surface area contributed by atoms with Crippen LogP contribution in [-0.2, 0) is 16.2 Å². The molecule has 0 bridgehead atoms. The fraction of sp³-hybridized carbons (Fsp3) is 0.0400. The lowest BCUT2D eigenvalue weighted by Crippen LogP contribution is -2.29. The van der Waals surface area contributed by atoms with Gasteiger partial charge in [0.25, 0.3) is 0 Å². The van der Waals surface area contributed by atoms with E-state index in [4.69, 9.17) is 4.11 Å². The zero-order valence-corrected chi connectivity index (χ0v) is 40.6. The van der Waals surface area contributed by atoms with Crippen LogP contribution in [0, 0.1) is 0 Å². The number of fused-ring (bicyclic) bond motifs is 9. The highest BCUT2D eigenvalue weighted by atomic mass is 15.1. The van der Waals surface area contributed by atoms with Crippen LogP contribution < -0.4 is 4.90 Å². The summed E-state index contributed by atoms with van der Waals surface area (Å²) < 4.78 is 165. The molecule has 356 valence electrons. The average Bonchev–Trinajstić information content (AvgIpc) is 1.54. The molecule has 76 heavy (non-hydrogen) atoms. The molecule has 0 aliphatic heterocycles. The van der Waals surface area contributed by atoms with Crippen molar-refractivity contribution in [1.82, 2.24) is 0 Å². The van der Waals surface area contributed by atoms with Gasteiger partial charge in [-0.1, -0.05) is 273 Å². The van der Waals surface area contributed by atoms with Gasteiger partial charge >= 0.3 is 0 Å². The van der Waals surface area contributed by atoms with Gasteiger partial charge in [-0.2, -0.15) is 0 Å². The molecule has 0 atom stereocenters. The maximum atomic E-state index is 11.3. The van der Waals surface area contributed by atoms with Crippen LogP contribution in [0.25, 0.3) is 33.4 Å². The number of benzene rings is 12. The molecular formula is C75H51N. The summed E-state index contributed by atoms with van der Waals surface area (Å²) >= 11 is 0. The molecule has 3 aliphatic rings. The molecule has 3 aliphatic carbocycles. The normalized spacial score (nSPS) is 17.5. The second-order valence-corrected chi connectivity index (χ2v) is 19.3. The van der Waals surface area contributed by atoms with Crippen molar-refractivity contribution in [1.29, 1.82) is 0 Å². The van der Waals surface area contributed by atoms with Gasteiger partial charge in [-0.05, 0) is 136 Å².